The average molecular weight is 244 g/mol. The van der Waals surface area contributed by atoms with Crippen LogP contribution < -0.4 is 0 Å². The molecule has 0 spiro atoms. The van der Waals surface area contributed by atoms with Crippen LogP contribution in [-0.4, -0.2) is 11.3 Å². The SMILES string of the molecule is CC(C)c1ccc(C2(C(F)(F)F)N=N2)cc1O. The molecule has 1 N–H and O–H groups in total. The van der Waals surface area contributed by atoms with Crippen LogP contribution in [0, 0.1) is 0 Å². The maximum Gasteiger partial charge on any atom is 0.442 e. The summed E-state index contributed by atoms with van der Waals surface area (Å²) in [5.74, 6) is -0.114. The zero-order valence-corrected chi connectivity index (χ0v) is 9.28. The van der Waals surface area contributed by atoms with Crippen molar-refractivity contribution in [1.29, 1.82) is 0 Å². The van der Waals surface area contributed by atoms with Crippen molar-refractivity contribution in [3.05, 3.63) is 29.3 Å². The fourth-order valence-electron chi connectivity index (χ4n) is 1.69. The van der Waals surface area contributed by atoms with Crippen LogP contribution >= 0.6 is 0 Å². The van der Waals surface area contributed by atoms with Gasteiger partial charge in [-0.15, -0.1) is 10.2 Å². The van der Waals surface area contributed by atoms with E-state index in [2.05, 4.69) is 10.2 Å². The highest BCUT2D eigenvalue weighted by Crippen LogP contribution is 2.53. The van der Waals surface area contributed by atoms with Crippen molar-refractivity contribution in [3.8, 4) is 5.75 Å². The Kier molecular flexibility index (Phi) is 2.41. The minimum absolute atomic E-state index is 0.0407. The van der Waals surface area contributed by atoms with E-state index in [9.17, 15) is 18.3 Å². The van der Waals surface area contributed by atoms with Crippen LogP contribution in [0.4, 0.5) is 13.2 Å². The fraction of sp³-hybridized carbons (Fsp3) is 0.455. The molecule has 0 bridgehead atoms. The molecule has 17 heavy (non-hydrogen) atoms. The first-order valence-corrected chi connectivity index (χ1v) is 5.12. The lowest BCUT2D eigenvalue weighted by atomic mass is 9.96. The molecule has 0 saturated carbocycles. The molecule has 0 saturated heterocycles. The number of nitrogens with zero attached hydrogens (tertiary/aromatic N) is 2. The van der Waals surface area contributed by atoms with Gasteiger partial charge in [0.15, 0.2) is 0 Å². The largest absolute Gasteiger partial charge is 0.508 e. The van der Waals surface area contributed by atoms with Gasteiger partial charge in [0, 0.05) is 5.56 Å². The summed E-state index contributed by atoms with van der Waals surface area (Å²) >= 11 is 0. The second kappa shape index (κ2) is 3.45. The molecule has 1 heterocycles. The summed E-state index contributed by atoms with van der Waals surface area (Å²) in [4.78, 5) is 0. The van der Waals surface area contributed by atoms with Crippen molar-refractivity contribution in [2.24, 2.45) is 10.2 Å². The number of halogens is 3. The zero-order valence-electron chi connectivity index (χ0n) is 9.28. The molecule has 1 aliphatic heterocycles. The van der Waals surface area contributed by atoms with Gasteiger partial charge in [0.2, 0.25) is 0 Å². The maximum atomic E-state index is 12.7. The molecule has 1 aliphatic rings. The quantitative estimate of drug-likeness (QED) is 0.847. The molecule has 1 aromatic rings. The lowest BCUT2D eigenvalue weighted by molar-refractivity contribution is -0.166. The van der Waals surface area contributed by atoms with Gasteiger partial charge in [-0.3, -0.25) is 0 Å². The summed E-state index contributed by atoms with van der Waals surface area (Å²) < 4.78 is 38.1. The van der Waals surface area contributed by atoms with Gasteiger partial charge in [-0.1, -0.05) is 26.0 Å². The van der Waals surface area contributed by atoms with E-state index in [1.807, 2.05) is 13.8 Å². The van der Waals surface area contributed by atoms with Gasteiger partial charge < -0.3 is 5.11 Å². The third-order valence-electron chi connectivity index (χ3n) is 2.75. The van der Waals surface area contributed by atoms with E-state index >= 15 is 0 Å². The van der Waals surface area contributed by atoms with Crippen LogP contribution in [0.5, 0.6) is 5.75 Å². The van der Waals surface area contributed by atoms with Crippen molar-refractivity contribution < 1.29 is 18.3 Å². The summed E-state index contributed by atoms with van der Waals surface area (Å²) in [6.07, 6.45) is -4.56. The molecule has 92 valence electrons. The molecule has 2 rings (SSSR count). The lowest BCUT2D eigenvalue weighted by Gasteiger charge is -2.16. The molecular formula is C11H11F3N2O. The molecule has 0 fully saturated rings. The molecular weight excluding hydrogens is 233 g/mol. The number of aromatic hydroxyl groups is 1. The van der Waals surface area contributed by atoms with Gasteiger partial charge in [0.05, 0.1) is 0 Å². The third kappa shape index (κ3) is 1.77. The van der Waals surface area contributed by atoms with Crippen LogP contribution in [0.2, 0.25) is 0 Å². The topological polar surface area (TPSA) is 45.0 Å². The van der Waals surface area contributed by atoms with Crippen LogP contribution in [0.1, 0.15) is 30.9 Å². The monoisotopic (exact) mass is 244 g/mol. The van der Waals surface area contributed by atoms with Gasteiger partial charge in [0.25, 0.3) is 0 Å². The molecule has 0 unspecified atom stereocenters. The Balaban J connectivity index is 2.40. The summed E-state index contributed by atoms with van der Waals surface area (Å²) in [6, 6.07) is 3.87. The Morgan fingerprint density at radius 3 is 2.18 bits per heavy atom. The minimum Gasteiger partial charge on any atom is -0.508 e. The number of alkyl halides is 3. The average Bonchev–Trinajstić information content (AvgIpc) is 2.95. The molecule has 0 aliphatic carbocycles. The van der Waals surface area contributed by atoms with Crippen molar-refractivity contribution in [1.82, 2.24) is 0 Å². The summed E-state index contributed by atoms with van der Waals surface area (Å²) in [5.41, 5.74) is -2.00. The Hall–Kier alpha value is -1.59. The molecule has 0 radical (unpaired) electrons. The number of hydrogen-bond donors (Lipinski definition) is 1. The first-order chi connectivity index (χ1) is 7.78. The van der Waals surface area contributed by atoms with E-state index in [0.29, 0.717) is 5.56 Å². The zero-order chi connectivity index (χ0) is 12.8. The second-order valence-corrected chi connectivity index (χ2v) is 4.30. The molecule has 0 atom stereocenters. The molecule has 3 nitrogen and oxygen atoms in total. The smallest absolute Gasteiger partial charge is 0.442 e. The van der Waals surface area contributed by atoms with Crippen LogP contribution in [0.15, 0.2) is 28.4 Å². The van der Waals surface area contributed by atoms with Crippen molar-refractivity contribution in [3.63, 3.8) is 0 Å². The second-order valence-electron chi connectivity index (χ2n) is 4.30. The van der Waals surface area contributed by atoms with Gasteiger partial charge in [-0.2, -0.15) is 13.2 Å². The van der Waals surface area contributed by atoms with Crippen LogP contribution in [0.3, 0.4) is 0 Å². The third-order valence-corrected chi connectivity index (χ3v) is 2.75. The number of rotatable bonds is 2. The summed E-state index contributed by atoms with van der Waals surface area (Å²) in [6.45, 7) is 3.69. The number of phenolic OH excluding ortho intramolecular Hbond substituents is 1. The Labute approximate surface area is 96.0 Å². The fourth-order valence-corrected chi connectivity index (χ4v) is 1.69. The maximum absolute atomic E-state index is 12.7. The van der Waals surface area contributed by atoms with Crippen LogP contribution in [0.25, 0.3) is 0 Å². The van der Waals surface area contributed by atoms with E-state index < -0.39 is 11.8 Å². The molecule has 0 aromatic heterocycles. The predicted octanol–water partition coefficient (Wildman–Crippen LogP) is 3.70. The molecule has 0 amide bonds. The van der Waals surface area contributed by atoms with E-state index in [0.717, 1.165) is 6.07 Å². The van der Waals surface area contributed by atoms with E-state index in [1.54, 1.807) is 0 Å². The lowest BCUT2D eigenvalue weighted by Crippen LogP contribution is -2.30. The Bertz CT molecular complexity index is 474. The summed E-state index contributed by atoms with van der Waals surface area (Å²) in [7, 11) is 0. The molecule has 6 heteroatoms. The highest BCUT2D eigenvalue weighted by molar-refractivity contribution is 5.42. The summed E-state index contributed by atoms with van der Waals surface area (Å²) in [5, 5.41) is 15.8. The molecule has 1 aromatic carbocycles. The van der Waals surface area contributed by atoms with Crippen molar-refractivity contribution in [2.75, 3.05) is 0 Å². The van der Waals surface area contributed by atoms with E-state index in [4.69, 9.17) is 0 Å². The van der Waals surface area contributed by atoms with Gasteiger partial charge >= 0.3 is 11.8 Å². The normalized spacial score (nSPS) is 17.5. The predicted molar refractivity (Wildman–Crippen MR) is 54.8 cm³/mol. The number of phenols is 1. The number of hydrogen-bond acceptors (Lipinski definition) is 3. The highest BCUT2D eigenvalue weighted by atomic mass is 19.4. The Morgan fingerprint density at radius 2 is 1.82 bits per heavy atom. The van der Waals surface area contributed by atoms with E-state index in [1.165, 1.54) is 12.1 Å². The van der Waals surface area contributed by atoms with Gasteiger partial charge in [-0.05, 0) is 17.5 Å². The standard InChI is InChI=1S/C11H11F3N2O/c1-6(2)8-4-3-7(5-9(8)17)10(15-16-10)11(12,13)14/h3-6,17H,1-2H3. The van der Waals surface area contributed by atoms with Crippen molar-refractivity contribution in [2.45, 2.75) is 31.6 Å². The highest BCUT2D eigenvalue weighted by Gasteiger charge is 2.65. The minimum atomic E-state index is -4.56. The van der Waals surface area contributed by atoms with Gasteiger partial charge in [0.1, 0.15) is 5.75 Å². The number of benzene rings is 1. The van der Waals surface area contributed by atoms with Crippen LogP contribution in [-0.2, 0) is 5.66 Å². The first kappa shape index (κ1) is 11.9. The van der Waals surface area contributed by atoms with E-state index in [-0.39, 0.29) is 17.2 Å². The first-order valence-electron chi connectivity index (χ1n) is 5.12. The van der Waals surface area contributed by atoms with Gasteiger partial charge in [-0.25, -0.2) is 0 Å². The van der Waals surface area contributed by atoms with Crippen molar-refractivity contribution >= 4 is 0 Å². The Morgan fingerprint density at radius 1 is 1.24 bits per heavy atom.